The highest BCUT2D eigenvalue weighted by atomic mass is 16.6. The van der Waals surface area contributed by atoms with Crippen molar-refractivity contribution in [2.75, 3.05) is 46.3 Å². The number of methoxy groups -OCH3 is 2. The topological polar surface area (TPSA) is 159 Å². The van der Waals surface area contributed by atoms with Gasteiger partial charge in [-0.05, 0) is 69.6 Å². The third kappa shape index (κ3) is 8.63. The zero-order valence-electron chi connectivity index (χ0n) is 36.4. The van der Waals surface area contributed by atoms with Gasteiger partial charge < -0.3 is 39.0 Å². The third-order valence-corrected chi connectivity index (χ3v) is 12.3. The van der Waals surface area contributed by atoms with Gasteiger partial charge >= 0.3 is 6.09 Å². The maximum absolute atomic E-state index is 13.2. The normalized spacial score (nSPS) is 16.8. The first-order valence-corrected chi connectivity index (χ1v) is 21.6. The zero-order chi connectivity index (χ0) is 44.9. The number of amides is 2. The summed E-state index contributed by atoms with van der Waals surface area (Å²) >= 11 is 0. The lowest BCUT2D eigenvalue weighted by Crippen LogP contribution is -2.38. The minimum Gasteiger partial charge on any atom is -0.497 e. The Morgan fingerprint density at radius 1 is 0.785 bits per heavy atom. The predicted molar refractivity (Wildman–Crippen MR) is 244 cm³/mol. The standard InChI is InChI=1S/C51H50N6O8/c1-56(50(60)63-29-42-40-16-9-7-14-38(40)39-15-8-10-17-41(39)42)27-11-18-45(59)55-48-47-49(53-31-52-48)57(32-54-47)46-28-43(58)44(65-46)30-64-51(33-12-5-4-6-13-33,34-19-23-36(61-2)24-20-34)35-21-25-37(62-3)26-22-35/h4-10,12-17,19-26,31-32,42-44,46,58H,11,18,27-30H2,1-3H3,(H,52,53,55,59)/t43?,44-,46-/m1/s1. The first kappa shape index (κ1) is 43.1. The maximum atomic E-state index is 13.2. The molecular formula is C51H50N6O8. The molecule has 9 rings (SSSR count). The number of rotatable bonds is 16. The first-order valence-electron chi connectivity index (χ1n) is 21.6. The lowest BCUT2D eigenvalue weighted by atomic mass is 9.80. The third-order valence-electron chi connectivity index (χ3n) is 12.3. The van der Waals surface area contributed by atoms with Gasteiger partial charge in [0.1, 0.15) is 42.4 Å². The molecule has 3 heterocycles. The molecule has 0 spiro atoms. The maximum Gasteiger partial charge on any atom is 0.409 e. The fraction of sp³-hybridized carbons (Fsp3) is 0.275. The molecule has 14 heteroatoms. The Morgan fingerprint density at radius 2 is 1.38 bits per heavy atom. The Hall–Kier alpha value is -7.13. The Morgan fingerprint density at radius 3 is 2.02 bits per heavy atom. The highest BCUT2D eigenvalue weighted by Gasteiger charge is 2.42. The van der Waals surface area contributed by atoms with E-state index in [0.717, 1.165) is 38.9 Å². The number of anilines is 1. The van der Waals surface area contributed by atoms with Gasteiger partial charge in [0.2, 0.25) is 5.91 Å². The lowest BCUT2D eigenvalue weighted by molar-refractivity contribution is -0.116. The second-order valence-corrected chi connectivity index (χ2v) is 16.2. The summed E-state index contributed by atoms with van der Waals surface area (Å²) in [4.78, 5) is 41.0. The van der Waals surface area contributed by atoms with E-state index in [4.69, 9.17) is 23.7 Å². The van der Waals surface area contributed by atoms with Crippen molar-refractivity contribution >= 4 is 29.0 Å². The molecular weight excluding hydrogens is 825 g/mol. The van der Waals surface area contributed by atoms with E-state index in [2.05, 4.69) is 44.5 Å². The molecule has 0 saturated carbocycles. The van der Waals surface area contributed by atoms with E-state index in [1.165, 1.54) is 11.2 Å². The highest BCUT2D eigenvalue weighted by molar-refractivity contribution is 5.96. The molecule has 2 N–H and O–H groups in total. The van der Waals surface area contributed by atoms with Crippen LogP contribution in [-0.2, 0) is 24.6 Å². The number of carbonyl (C=O) groups is 2. The van der Waals surface area contributed by atoms with Crippen LogP contribution < -0.4 is 14.8 Å². The van der Waals surface area contributed by atoms with Crippen LogP contribution in [0.2, 0.25) is 0 Å². The summed E-state index contributed by atoms with van der Waals surface area (Å²) in [6.45, 7) is 0.568. The quantitative estimate of drug-likeness (QED) is 0.0904. The summed E-state index contributed by atoms with van der Waals surface area (Å²) in [6, 6.07) is 41.8. The summed E-state index contributed by atoms with van der Waals surface area (Å²) in [7, 11) is 4.92. The molecule has 1 fully saturated rings. The number of hydrogen-bond donors (Lipinski definition) is 2. The fourth-order valence-corrected chi connectivity index (χ4v) is 8.94. The average molecular weight is 875 g/mol. The van der Waals surface area contributed by atoms with Crippen molar-refractivity contribution < 1.29 is 38.4 Å². The molecule has 2 amide bonds. The minimum atomic E-state index is -1.10. The summed E-state index contributed by atoms with van der Waals surface area (Å²) < 4.78 is 32.0. The number of hydrogen-bond acceptors (Lipinski definition) is 11. The lowest BCUT2D eigenvalue weighted by Gasteiger charge is -2.37. The van der Waals surface area contributed by atoms with E-state index in [1.54, 1.807) is 32.2 Å². The van der Waals surface area contributed by atoms with Crippen molar-refractivity contribution in [1.82, 2.24) is 24.4 Å². The molecule has 332 valence electrons. The Labute approximate surface area is 376 Å². The van der Waals surface area contributed by atoms with Crippen molar-refractivity contribution in [2.24, 2.45) is 0 Å². The van der Waals surface area contributed by atoms with E-state index >= 15 is 0 Å². The summed E-state index contributed by atoms with van der Waals surface area (Å²) in [5.74, 6) is 1.33. The van der Waals surface area contributed by atoms with Gasteiger partial charge in [0, 0.05) is 32.4 Å². The Kier molecular flexibility index (Phi) is 12.6. The van der Waals surface area contributed by atoms with E-state index in [1.807, 2.05) is 103 Å². The number of aromatic nitrogens is 4. The Balaban J connectivity index is 0.833. The van der Waals surface area contributed by atoms with Crippen molar-refractivity contribution in [1.29, 1.82) is 0 Å². The summed E-state index contributed by atoms with van der Waals surface area (Å²) in [5, 5.41) is 14.3. The molecule has 2 aliphatic rings. The summed E-state index contributed by atoms with van der Waals surface area (Å²) in [6.07, 6.45) is 1.00. The van der Waals surface area contributed by atoms with Gasteiger partial charge in [0.25, 0.3) is 0 Å². The van der Waals surface area contributed by atoms with Crippen LogP contribution in [0.1, 0.15) is 59.2 Å². The Bertz CT molecular complexity index is 2670. The molecule has 1 aliphatic carbocycles. The number of benzene rings is 5. The van der Waals surface area contributed by atoms with Crippen LogP contribution in [0.15, 0.2) is 140 Å². The molecule has 0 bridgehead atoms. The van der Waals surface area contributed by atoms with E-state index < -0.39 is 30.1 Å². The SMILES string of the molecule is COc1ccc(C(OC[C@H]2O[C@@H](n3cnc4c(NC(=O)CCCN(C)C(=O)OCC5c6ccccc6-c6ccccc65)ncnc43)CC2O)(c2ccccc2)c2ccc(OC)cc2)cc1. The number of ether oxygens (including phenoxy) is 5. The van der Waals surface area contributed by atoms with Crippen LogP contribution in [0.5, 0.6) is 11.5 Å². The molecule has 1 aliphatic heterocycles. The monoisotopic (exact) mass is 874 g/mol. The zero-order valence-corrected chi connectivity index (χ0v) is 36.4. The van der Waals surface area contributed by atoms with Crippen molar-refractivity contribution in [3.05, 3.63) is 168 Å². The van der Waals surface area contributed by atoms with Crippen molar-refractivity contribution in [3.63, 3.8) is 0 Å². The number of aliphatic hydroxyl groups is 1. The second kappa shape index (κ2) is 18.9. The second-order valence-electron chi connectivity index (χ2n) is 16.2. The van der Waals surface area contributed by atoms with Crippen LogP contribution in [0.25, 0.3) is 22.3 Å². The van der Waals surface area contributed by atoms with E-state index in [9.17, 15) is 14.7 Å². The van der Waals surface area contributed by atoms with Gasteiger partial charge in [-0.1, -0.05) is 103 Å². The van der Waals surface area contributed by atoms with Gasteiger partial charge in [0.15, 0.2) is 17.0 Å². The largest absolute Gasteiger partial charge is 0.497 e. The van der Waals surface area contributed by atoms with Crippen LogP contribution >= 0.6 is 0 Å². The molecule has 0 radical (unpaired) electrons. The van der Waals surface area contributed by atoms with Gasteiger partial charge in [-0.3, -0.25) is 9.36 Å². The van der Waals surface area contributed by atoms with E-state index in [-0.39, 0.29) is 43.7 Å². The fourth-order valence-electron chi connectivity index (χ4n) is 8.94. The van der Waals surface area contributed by atoms with Gasteiger partial charge in [-0.15, -0.1) is 0 Å². The number of carbonyl (C=O) groups excluding carboxylic acids is 2. The molecule has 7 aromatic rings. The molecule has 2 aromatic heterocycles. The minimum absolute atomic E-state index is 0.0318. The predicted octanol–water partition coefficient (Wildman–Crippen LogP) is 8.10. The van der Waals surface area contributed by atoms with Crippen LogP contribution in [-0.4, -0.2) is 94.8 Å². The molecule has 65 heavy (non-hydrogen) atoms. The first-order chi connectivity index (χ1) is 31.8. The number of nitrogens with one attached hydrogen (secondary N) is 1. The van der Waals surface area contributed by atoms with E-state index in [0.29, 0.717) is 35.6 Å². The van der Waals surface area contributed by atoms with Crippen LogP contribution in [0.4, 0.5) is 10.6 Å². The summed E-state index contributed by atoms with van der Waals surface area (Å²) in [5.41, 5.74) is 6.91. The molecule has 14 nitrogen and oxygen atoms in total. The van der Waals surface area contributed by atoms with Gasteiger partial charge in [-0.25, -0.2) is 19.7 Å². The van der Waals surface area contributed by atoms with Gasteiger partial charge in [0.05, 0.1) is 33.3 Å². The molecule has 1 unspecified atom stereocenters. The van der Waals surface area contributed by atoms with Gasteiger partial charge in [-0.2, -0.15) is 0 Å². The highest BCUT2D eigenvalue weighted by Crippen LogP contribution is 2.45. The molecule has 3 atom stereocenters. The number of imidazole rings is 1. The number of aliphatic hydroxyl groups excluding tert-OH is 1. The smallest absolute Gasteiger partial charge is 0.409 e. The van der Waals surface area contributed by atoms with Crippen molar-refractivity contribution in [2.45, 2.75) is 49.2 Å². The van der Waals surface area contributed by atoms with Crippen LogP contribution in [0, 0.1) is 0 Å². The van der Waals surface area contributed by atoms with Crippen LogP contribution in [0.3, 0.4) is 0 Å². The number of fused-ring (bicyclic) bond motifs is 4. The van der Waals surface area contributed by atoms with Crippen molar-refractivity contribution in [3.8, 4) is 22.6 Å². The average Bonchev–Trinajstić information content (AvgIpc) is 4.05. The molecule has 1 saturated heterocycles. The number of nitrogens with zero attached hydrogens (tertiary/aromatic N) is 5. The molecule has 5 aromatic carbocycles.